The van der Waals surface area contributed by atoms with E-state index in [4.69, 9.17) is 0 Å². The van der Waals surface area contributed by atoms with Crippen molar-refractivity contribution in [1.82, 2.24) is 5.43 Å². The molecule has 0 fully saturated rings. The van der Waals surface area contributed by atoms with Gasteiger partial charge in [-0.2, -0.15) is 5.10 Å². The molecule has 0 radical (unpaired) electrons. The maximum atomic E-state index is 13.1. The highest BCUT2D eigenvalue weighted by atomic mass is 79.9. The normalized spacial score (nSPS) is 12.5. The van der Waals surface area contributed by atoms with Crippen molar-refractivity contribution in [2.45, 2.75) is 32.6 Å². The fourth-order valence-electron chi connectivity index (χ4n) is 2.12. The summed E-state index contributed by atoms with van der Waals surface area (Å²) in [5, 5.41) is 4.10. The van der Waals surface area contributed by atoms with Gasteiger partial charge in [0, 0.05) is 15.6 Å². The first-order valence-electron chi connectivity index (χ1n) is 8.69. The molecule has 150 valence electrons. The summed E-state index contributed by atoms with van der Waals surface area (Å²) in [7, 11) is -3.92. The number of anilines is 1. The summed E-state index contributed by atoms with van der Waals surface area (Å²) in [5.41, 5.74) is 3.38. The van der Waals surface area contributed by atoms with E-state index in [0.29, 0.717) is 5.69 Å². The first-order valence-corrected chi connectivity index (χ1v) is 10.9. The summed E-state index contributed by atoms with van der Waals surface area (Å²) < 4.78 is 28.2. The lowest BCUT2D eigenvalue weighted by molar-refractivity contribution is -0.119. The van der Waals surface area contributed by atoms with Crippen molar-refractivity contribution in [3.63, 3.8) is 0 Å². The number of halogens is 1. The minimum atomic E-state index is -3.92. The Morgan fingerprint density at radius 3 is 2.18 bits per heavy atom. The average Bonchev–Trinajstić information content (AvgIpc) is 2.65. The third-order valence-corrected chi connectivity index (χ3v) is 6.48. The fourth-order valence-corrected chi connectivity index (χ4v) is 3.83. The molecule has 2 aromatic rings. The second kappa shape index (κ2) is 8.87. The number of amides is 1. The second-order valence-electron chi connectivity index (χ2n) is 7.28. The van der Waals surface area contributed by atoms with Crippen LogP contribution in [0.3, 0.4) is 0 Å². The minimum Gasteiger partial charge on any atom is -0.271 e. The van der Waals surface area contributed by atoms with Crippen LogP contribution < -0.4 is 9.73 Å². The lowest BCUT2D eigenvalue weighted by Crippen LogP contribution is -2.40. The number of carbonyl (C=O) groups is 1. The van der Waals surface area contributed by atoms with Crippen LogP contribution in [0.2, 0.25) is 0 Å². The molecule has 0 saturated heterocycles. The zero-order valence-corrected chi connectivity index (χ0v) is 18.7. The summed E-state index contributed by atoms with van der Waals surface area (Å²) in [5.74, 6) is -0.522. The van der Waals surface area contributed by atoms with Gasteiger partial charge in [-0.1, -0.05) is 54.9 Å². The summed E-state index contributed by atoms with van der Waals surface area (Å²) in [4.78, 5) is 12.6. The summed E-state index contributed by atoms with van der Waals surface area (Å²) in [6.45, 7) is 7.36. The minimum absolute atomic E-state index is 0.111. The number of nitrogens with zero attached hydrogens (tertiary/aromatic N) is 2. The lowest BCUT2D eigenvalue weighted by atomic mass is 9.91. The molecule has 1 N–H and O–H groups in total. The highest BCUT2D eigenvalue weighted by Crippen LogP contribution is 2.25. The summed E-state index contributed by atoms with van der Waals surface area (Å²) in [6.07, 6.45) is 0. The molecular weight excluding hydrogens is 442 g/mol. The Balaban J connectivity index is 2.35. The van der Waals surface area contributed by atoms with Gasteiger partial charge in [-0.05, 0) is 43.3 Å². The van der Waals surface area contributed by atoms with Gasteiger partial charge in [-0.25, -0.2) is 13.8 Å². The van der Waals surface area contributed by atoms with Crippen molar-refractivity contribution in [2.24, 2.45) is 10.5 Å². The highest BCUT2D eigenvalue weighted by Gasteiger charge is 2.27. The topological polar surface area (TPSA) is 78.8 Å². The number of benzene rings is 2. The van der Waals surface area contributed by atoms with Gasteiger partial charge < -0.3 is 0 Å². The van der Waals surface area contributed by atoms with Crippen molar-refractivity contribution in [3.8, 4) is 0 Å². The number of hydrazone groups is 1. The zero-order chi connectivity index (χ0) is 20.9. The number of hydrogen-bond acceptors (Lipinski definition) is 4. The van der Waals surface area contributed by atoms with Crippen molar-refractivity contribution in [3.05, 3.63) is 59.1 Å². The molecule has 6 nitrogen and oxygen atoms in total. The maximum Gasteiger partial charge on any atom is 0.264 e. The highest BCUT2D eigenvalue weighted by molar-refractivity contribution is 9.10. The standard InChI is InChI=1S/C20H24BrN3O3S/c1-15(20(2,3)4)22-23-19(25)14-24(17-12-10-16(21)11-13-17)28(26,27)18-8-6-5-7-9-18/h5-13H,14H2,1-4H3,(H,23,25)/b22-15-. The molecule has 0 aromatic heterocycles. The molecule has 0 bridgehead atoms. The predicted molar refractivity (Wildman–Crippen MR) is 116 cm³/mol. The van der Waals surface area contributed by atoms with E-state index in [1.165, 1.54) is 12.1 Å². The summed E-state index contributed by atoms with van der Waals surface area (Å²) in [6, 6.07) is 14.8. The van der Waals surface area contributed by atoms with E-state index < -0.39 is 15.9 Å². The van der Waals surface area contributed by atoms with Crippen molar-refractivity contribution >= 4 is 43.3 Å². The van der Waals surface area contributed by atoms with Crippen molar-refractivity contribution in [1.29, 1.82) is 0 Å². The molecular formula is C20H24BrN3O3S. The van der Waals surface area contributed by atoms with Gasteiger partial charge in [-0.3, -0.25) is 9.10 Å². The maximum absolute atomic E-state index is 13.1. The van der Waals surface area contributed by atoms with E-state index in [9.17, 15) is 13.2 Å². The third-order valence-electron chi connectivity index (χ3n) is 4.17. The van der Waals surface area contributed by atoms with Crippen LogP contribution in [0.15, 0.2) is 69.1 Å². The van der Waals surface area contributed by atoms with Crippen LogP contribution in [0.1, 0.15) is 27.7 Å². The Morgan fingerprint density at radius 1 is 1.07 bits per heavy atom. The SMILES string of the molecule is C/C(=N/NC(=O)CN(c1ccc(Br)cc1)S(=O)(=O)c1ccccc1)C(C)(C)C. The van der Waals surface area contributed by atoms with Crippen LogP contribution in [0.5, 0.6) is 0 Å². The molecule has 2 rings (SSSR count). The van der Waals surface area contributed by atoms with Gasteiger partial charge in [0.2, 0.25) is 0 Å². The van der Waals surface area contributed by atoms with E-state index in [1.54, 1.807) is 42.5 Å². The molecule has 2 aromatic carbocycles. The Bertz CT molecular complexity index is 950. The van der Waals surface area contributed by atoms with Gasteiger partial charge in [0.15, 0.2) is 0 Å². The Labute approximate surface area is 174 Å². The van der Waals surface area contributed by atoms with Gasteiger partial charge in [0.25, 0.3) is 15.9 Å². The Kier molecular flexibility index (Phi) is 7.01. The summed E-state index contributed by atoms with van der Waals surface area (Å²) >= 11 is 3.34. The Hall–Kier alpha value is -2.19. The molecule has 0 aliphatic carbocycles. The number of nitrogens with one attached hydrogen (secondary N) is 1. The van der Waals surface area contributed by atoms with Crippen LogP contribution in [0.4, 0.5) is 5.69 Å². The van der Waals surface area contributed by atoms with Crippen molar-refractivity contribution in [2.75, 3.05) is 10.8 Å². The van der Waals surface area contributed by atoms with Gasteiger partial charge in [0.1, 0.15) is 6.54 Å². The van der Waals surface area contributed by atoms with E-state index in [-0.39, 0.29) is 16.9 Å². The zero-order valence-electron chi connectivity index (χ0n) is 16.3. The molecule has 0 unspecified atom stereocenters. The average molecular weight is 466 g/mol. The molecule has 0 saturated carbocycles. The van der Waals surface area contributed by atoms with Crippen LogP contribution in [0.25, 0.3) is 0 Å². The van der Waals surface area contributed by atoms with E-state index in [2.05, 4.69) is 26.5 Å². The van der Waals surface area contributed by atoms with Gasteiger partial charge in [0.05, 0.1) is 10.6 Å². The predicted octanol–water partition coefficient (Wildman–Crippen LogP) is 4.18. The van der Waals surface area contributed by atoms with Crippen LogP contribution >= 0.6 is 15.9 Å². The number of rotatable bonds is 6. The Morgan fingerprint density at radius 2 is 1.64 bits per heavy atom. The van der Waals surface area contributed by atoms with Crippen LogP contribution in [0, 0.1) is 5.41 Å². The van der Waals surface area contributed by atoms with Crippen LogP contribution in [-0.2, 0) is 14.8 Å². The molecule has 0 heterocycles. The smallest absolute Gasteiger partial charge is 0.264 e. The first-order chi connectivity index (χ1) is 13.0. The van der Waals surface area contributed by atoms with E-state index >= 15 is 0 Å². The van der Waals surface area contributed by atoms with Gasteiger partial charge >= 0.3 is 0 Å². The largest absolute Gasteiger partial charge is 0.271 e. The fraction of sp³-hybridized carbons (Fsp3) is 0.300. The molecule has 0 atom stereocenters. The molecule has 28 heavy (non-hydrogen) atoms. The molecule has 0 spiro atoms. The van der Waals surface area contributed by atoms with E-state index in [0.717, 1.165) is 14.5 Å². The van der Waals surface area contributed by atoms with E-state index in [1.807, 2.05) is 27.7 Å². The lowest BCUT2D eigenvalue weighted by Gasteiger charge is -2.24. The third kappa shape index (κ3) is 5.65. The quantitative estimate of drug-likeness (QED) is 0.513. The number of hydrogen-bond donors (Lipinski definition) is 1. The van der Waals surface area contributed by atoms with Crippen molar-refractivity contribution < 1.29 is 13.2 Å². The molecule has 8 heteroatoms. The van der Waals surface area contributed by atoms with Gasteiger partial charge in [-0.15, -0.1) is 0 Å². The number of carbonyl (C=O) groups excluding carboxylic acids is 1. The molecule has 0 aliphatic heterocycles. The number of sulfonamides is 1. The molecule has 0 aliphatic rings. The molecule has 1 amide bonds. The second-order valence-corrected chi connectivity index (χ2v) is 10.1. The van der Waals surface area contributed by atoms with Crippen LogP contribution in [-0.4, -0.2) is 26.6 Å². The monoisotopic (exact) mass is 465 g/mol. The first kappa shape index (κ1) is 22.1.